The summed E-state index contributed by atoms with van der Waals surface area (Å²) in [5.74, 6) is -1.36. The Labute approximate surface area is 128 Å². The maximum absolute atomic E-state index is 12.1. The molecule has 0 spiro atoms. The van der Waals surface area contributed by atoms with Crippen molar-refractivity contribution < 1.29 is 23.9 Å². The maximum Gasteiger partial charge on any atom is 0.336 e. The number of ether oxygens (including phenoxy) is 2. The van der Waals surface area contributed by atoms with Gasteiger partial charge in [0.25, 0.3) is 0 Å². The van der Waals surface area contributed by atoms with Gasteiger partial charge < -0.3 is 14.8 Å². The van der Waals surface area contributed by atoms with Crippen molar-refractivity contribution in [2.24, 2.45) is 0 Å². The predicted octanol–water partition coefficient (Wildman–Crippen LogP) is 1.66. The SMILES string of the molecule is COC(=O)C1=C(C)NC(=O)CC1c1ccccc1OC(C)=O. The van der Waals surface area contributed by atoms with Gasteiger partial charge in [0.15, 0.2) is 0 Å². The summed E-state index contributed by atoms with van der Waals surface area (Å²) in [5.41, 5.74) is 1.42. The van der Waals surface area contributed by atoms with Crippen molar-refractivity contribution in [1.82, 2.24) is 5.32 Å². The number of para-hydroxylation sites is 1. The van der Waals surface area contributed by atoms with E-state index >= 15 is 0 Å². The molecule has 1 heterocycles. The molecular weight excluding hydrogens is 286 g/mol. The Balaban J connectivity index is 2.53. The van der Waals surface area contributed by atoms with Crippen molar-refractivity contribution in [1.29, 1.82) is 0 Å². The minimum absolute atomic E-state index is 0.0834. The molecule has 0 aliphatic carbocycles. The average Bonchev–Trinajstić information content (AvgIpc) is 2.45. The predicted molar refractivity (Wildman–Crippen MR) is 78.0 cm³/mol. The van der Waals surface area contributed by atoms with Crippen LogP contribution in [-0.4, -0.2) is 25.0 Å². The van der Waals surface area contributed by atoms with Gasteiger partial charge in [-0.2, -0.15) is 0 Å². The summed E-state index contributed by atoms with van der Waals surface area (Å²) in [6, 6.07) is 6.85. The quantitative estimate of drug-likeness (QED) is 0.678. The van der Waals surface area contributed by atoms with Crippen LogP contribution in [0.4, 0.5) is 0 Å². The first-order valence-corrected chi connectivity index (χ1v) is 6.80. The molecule has 0 radical (unpaired) electrons. The van der Waals surface area contributed by atoms with Gasteiger partial charge >= 0.3 is 11.9 Å². The van der Waals surface area contributed by atoms with Crippen LogP contribution in [0.1, 0.15) is 31.7 Å². The topological polar surface area (TPSA) is 81.7 Å². The molecule has 0 saturated heterocycles. The zero-order chi connectivity index (χ0) is 16.3. The fourth-order valence-corrected chi connectivity index (χ4v) is 2.56. The van der Waals surface area contributed by atoms with Crippen molar-refractivity contribution in [3.8, 4) is 5.75 Å². The fourth-order valence-electron chi connectivity index (χ4n) is 2.56. The van der Waals surface area contributed by atoms with Gasteiger partial charge in [0.2, 0.25) is 5.91 Å². The summed E-state index contributed by atoms with van der Waals surface area (Å²) >= 11 is 0. The normalized spacial score (nSPS) is 17.8. The van der Waals surface area contributed by atoms with Crippen LogP contribution in [-0.2, 0) is 19.1 Å². The monoisotopic (exact) mass is 303 g/mol. The van der Waals surface area contributed by atoms with Crippen LogP contribution >= 0.6 is 0 Å². The molecule has 0 saturated carbocycles. The van der Waals surface area contributed by atoms with Crippen LogP contribution < -0.4 is 10.1 Å². The van der Waals surface area contributed by atoms with E-state index in [0.717, 1.165) is 0 Å². The van der Waals surface area contributed by atoms with Crippen molar-refractivity contribution in [3.05, 3.63) is 41.1 Å². The molecule has 6 nitrogen and oxygen atoms in total. The smallest absolute Gasteiger partial charge is 0.336 e. The van der Waals surface area contributed by atoms with Gasteiger partial charge in [-0.25, -0.2) is 4.79 Å². The molecular formula is C16H17NO5. The number of methoxy groups -OCH3 is 1. The number of allylic oxidation sites excluding steroid dienone is 1. The zero-order valence-electron chi connectivity index (χ0n) is 12.6. The Morgan fingerprint density at radius 2 is 1.95 bits per heavy atom. The fraction of sp³-hybridized carbons (Fsp3) is 0.312. The molecule has 0 fully saturated rings. The van der Waals surface area contributed by atoms with Crippen LogP contribution in [0, 0.1) is 0 Å². The standard InChI is InChI=1S/C16H17NO5/c1-9-15(16(20)21-3)12(8-14(19)17-9)11-6-4-5-7-13(11)22-10(2)18/h4-7,12H,8H2,1-3H3,(H,17,19). The van der Waals surface area contributed by atoms with E-state index in [2.05, 4.69) is 5.32 Å². The van der Waals surface area contributed by atoms with Crippen LogP contribution in [0.25, 0.3) is 0 Å². The molecule has 1 aliphatic rings. The van der Waals surface area contributed by atoms with Crippen LogP contribution in [0.5, 0.6) is 5.75 Å². The number of carbonyl (C=O) groups excluding carboxylic acids is 3. The van der Waals surface area contributed by atoms with Gasteiger partial charge in [-0.1, -0.05) is 18.2 Å². The Kier molecular flexibility index (Phi) is 4.60. The van der Waals surface area contributed by atoms with E-state index in [4.69, 9.17) is 9.47 Å². The zero-order valence-corrected chi connectivity index (χ0v) is 12.6. The highest BCUT2D eigenvalue weighted by Crippen LogP contribution is 2.38. The second-order valence-electron chi connectivity index (χ2n) is 4.97. The van der Waals surface area contributed by atoms with E-state index < -0.39 is 17.9 Å². The van der Waals surface area contributed by atoms with E-state index in [1.54, 1.807) is 31.2 Å². The van der Waals surface area contributed by atoms with E-state index in [9.17, 15) is 14.4 Å². The lowest BCUT2D eigenvalue weighted by atomic mass is 9.84. The van der Waals surface area contributed by atoms with E-state index in [1.165, 1.54) is 14.0 Å². The average molecular weight is 303 g/mol. The summed E-state index contributed by atoms with van der Waals surface area (Å²) in [4.78, 5) is 35.1. The Morgan fingerprint density at radius 3 is 2.59 bits per heavy atom. The van der Waals surface area contributed by atoms with Crippen molar-refractivity contribution >= 4 is 17.8 Å². The molecule has 1 unspecified atom stereocenters. The molecule has 116 valence electrons. The molecule has 1 amide bonds. The molecule has 1 aromatic rings. The first-order chi connectivity index (χ1) is 10.4. The lowest BCUT2D eigenvalue weighted by molar-refractivity contribution is -0.136. The molecule has 1 N–H and O–H groups in total. The first kappa shape index (κ1) is 15.8. The molecule has 1 atom stereocenters. The molecule has 1 aromatic carbocycles. The number of hydrogen-bond acceptors (Lipinski definition) is 5. The minimum Gasteiger partial charge on any atom is -0.466 e. The summed E-state index contributed by atoms with van der Waals surface area (Å²) in [5, 5.41) is 2.64. The van der Waals surface area contributed by atoms with Crippen molar-refractivity contribution in [2.75, 3.05) is 7.11 Å². The number of esters is 2. The minimum atomic E-state index is -0.517. The van der Waals surface area contributed by atoms with Crippen molar-refractivity contribution in [3.63, 3.8) is 0 Å². The van der Waals surface area contributed by atoms with Crippen LogP contribution in [0.3, 0.4) is 0 Å². The molecule has 22 heavy (non-hydrogen) atoms. The third-order valence-corrected chi connectivity index (χ3v) is 3.42. The third-order valence-electron chi connectivity index (χ3n) is 3.42. The number of amides is 1. The maximum atomic E-state index is 12.1. The van der Waals surface area contributed by atoms with Crippen LogP contribution in [0.15, 0.2) is 35.5 Å². The van der Waals surface area contributed by atoms with Gasteiger partial charge in [0.05, 0.1) is 12.7 Å². The second kappa shape index (κ2) is 6.43. The highest BCUT2D eigenvalue weighted by molar-refractivity contribution is 5.96. The summed E-state index contributed by atoms with van der Waals surface area (Å²) < 4.78 is 10.00. The highest BCUT2D eigenvalue weighted by Gasteiger charge is 2.34. The van der Waals surface area contributed by atoms with Gasteiger partial charge in [-0.15, -0.1) is 0 Å². The molecule has 0 bridgehead atoms. The summed E-state index contributed by atoms with van der Waals surface area (Å²) in [7, 11) is 1.29. The van der Waals surface area contributed by atoms with Gasteiger partial charge in [0, 0.05) is 30.5 Å². The number of carbonyl (C=O) groups is 3. The van der Waals surface area contributed by atoms with Crippen molar-refractivity contribution in [2.45, 2.75) is 26.2 Å². The second-order valence-corrected chi connectivity index (χ2v) is 4.97. The Morgan fingerprint density at radius 1 is 1.27 bits per heavy atom. The number of rotatable bonds is 3. The Bertz CT molecular complexity index is 662. The lowest BCUT2D eigenvalue weighted by Crippen LogP contribution is -2.34. The highest BCUT2D eigenvalue weighted by atomic mass is 16.5. The largest absolute Gasteiger partial charge is 0.466 e. The number of benzene rings is 1. The molecule has 1 aliphatic heterocycles. The van der Waals surface area contributed by atoms with Gasteiger partial charge in [-0.3, -0.25) is 9.59 Å². The van der Waals surface area contributed by atoms with Crippen LogP contribution in [0.2, 0.25) is 0 Å². The number of hydrogen-bond donors (Lipinski definition) is 1. The Hall–Kier alpha value is -2.63. The number of nitrogens with one attached hydrogen (secondary N) is 1. The van der Waals surface area contributed by atoms with Gasteiger partial charge in [0.1, 0.15) is 5.75 Å². The van der Waals surface area contributed by atoms with Gasteiger partial charge in [-0.05, 0) is 13.0 Å². The van der Waals surface area contributed by atoms with E-state index in [0.29, 0.717) is 22.6 Å². The van der Waals surface area contributed by atoms with E-state index in [1.807, 2.05) is 0 Å². The first-order valence-electron chi connectivity index (χ1n) is 6.80. The molecule has 2 rings (SSSR count). The summed E-state index contributed by atoms with van der Waals surface area (Å²) in [6.07, 6.45) is 0.0834. The molecule has 6 heteroatoms. The third kappa shape index (κ3) is 3.16. The van der Waals surface area contributed by atoms with E-state index in [-0.39, 0.29) is 12.3 Å². The summed E-state index contributed by atoms with van der Waals surface area (Å²) in [6.45, 7) is 2.94. The lowest BCUT2D eigenvalue weighted by Gasteiger charge is -2.27. The molecule has 0 aromatic heterocycles.